The van der Waals surface area contributed by atoms with Crippen molar-refractivity contribution < 1.29 is 14.3 Å². The number of rotatable bonds is 7. The molecule has 0 aliphatic carbocycles. The first-order valence-corrected chi connectivity index (χ1v) is 11.0. The summed E-state index contributed by atoms with van der Waals surface area (Å²) < 4.78 is 7.18. The van der Waals surface area contributed by atoms with Crippen LogP contribution in [0.4, 0.5) is 11.4 Å². The third-order valence-electron chi connectivity index (χ3n) is 5.35. The first-order valence-electron chi connectivity index (χ1n) is 11.0. The lowest BCUT2D eigenvalue weighted by Gasteiger charge is -2.09. The van der Waals surface area contributed by atoms with E-state index in [1.165, 1.54) is 0 Å². The molecule has 0 atom stereocenters. The predicted molar refractivity (Wildman–Crippen MR) is 133 cm³/mol. The average Bonchev–Trinajstić information content (AvgIpc) is 3.15. The first-order chi connectivity index (χ1) is 16.5. The minimum Gasteiger partial charge on any atom is -0.494 e. The second-order valence-electron chi connectivity index (χ2n) is 7.74. The molecular formula is C27H26N4O3. The number of hydrogen-bond acceptors (Lipinski definition) is 4. The molecule has 0 bridgehead atoms. The van der Waals surface area contributed by atoms with Crippen molar-refractivity contribution in [2.24, 2.45) is 0 Å². The fourth-order valence-corrected chi connectivity index (χ4v) is 3.69. The maximum Gasteiger partial charge on any atom is 0.259 e. The minimum atomic E-state index is -0.247. The number of ether oxygens (including phenoxy) is 1. The Morgan fingerprint density at radius 1 is 0.824 bits per heavy atom. The van der Waals surface area contributed by atoms with Gasteiger partial charge in [0.2, 0.25) is 0 Å². The Morgan fingerprint density at radius 2 is 1.41 bits per heavy atom. The van der Waals surface area contributed by atoms with E-state index in [2.05, 4.69) is 15.7 Å². The Bertz CT molecular complexity index is 1290. The van der Waals surface area contributed by atoms with Crippen molar-refractivity contribution in [2.75, 3.05) is 17.2 Å². The number of hydrogen-bond donors (Lipinski definition) is 2. The Labute approximate surface area is 198 Å². The van der Waals surface area contributed by atoms with Gasteiger partial charge in [-0.25, -0.2) is 4.68 Å². The lowest BCUT2D eigenvalue weighted by molar-refractivity contribution is 0.101. The fraction of sp³-hybridized carbons (Fsp3) is 0.148. The zero-order valence-electron chi connectivity index (χ0n) is 19.3. The minimum absolute atomic E-state index is 0.238. The number of nitrogens with zero attached hydrogens (tertiary/aromatic N) is 2. The van der Waals surface area contributed by atoms with E-state index in [0.29, 0.717) is 34.8 Å². The normalized spacial score (nSPS) is 10.6. The topological polar surface area (TPSA) is 85.2 Å². The Balaban J connectivity index is 1.43. The van der Waals surface area contributed by atoms with Crippen LogP contribution in [-0.2, 0) is 0 Å². The summed E-state index contributed by atoms with van der Waals surface area (Å²) in [7, 11) is 0. The molecule has 0 saturated heterocycles. The zero-order valence-corrected chi connectivity index (χ0v) is 19.3. The molecule has 1 heterocycles. The van der Waals surface area contributed by atoms with Gasteiger partial charge >= 0.3 is 0 Å². The molecule has 2 N–H and O–H groups in total. The summed E-state index contributed by atoms with van der Waals surface area (Å²) in [4.78, 5) is 25.5. The second-order valence-corrected chi connectivity index (χ2v) is 7.74. The van der Waals surface area contributed by atoms with Crippen LogP contribution in [0.25, 0.3) is 5.69 Å². The van der Waals surface area contributed by atoms with Crippen molar-refractivity contribution in [3.05, 3.63) is 101 Å². The van der Waals surface area contributed by atoms with Gasteiger partial charge in [0.1, 0.15) is 5.75 Å². The first kappa shape index (κ1) is 22.8. The van der Waals surface area contributed by atoms with Gasteiger partial charge in [-0.2, -0.15) is 5.10 Å². The van der Waals surface area contributed by atoms with E-state index in [0.717, 1.165) is 17.1 Å². The number of para-hydroxylation sites is 1. The molecule has 1 aromatic heterocycles. The molecular weight excluding hydrogens is 428 g/mol. The van der Waals surface area contributed by atoms with Crippen LogP contribution in [0.1, 0.15) is 39.0 Å². The second kappa shape index (κ2) is 10.0. The highest BCUT2D eigenvalue weighted by molar-refractivity contribution is 6.07. The van der Waals surface area contributed by atoms with Gasteiger partial charge in [0.05, 0.1) is 29.2 Å². The van der Waals surface area contributed by atoms with Gasteiger partial charge < -0.3 is 15.4 Å². The summed E-state index contributed by atoms with van der Waals surface area (Å²) in [6.45, 7) is 6.19. The van der Waals surface area contributed by atoms with Gasteiger partial charge in [-0.3, -0.25) is 9.59 Å². The van der Waals surface area contributed by atoms with Gasteiger partial charge in [0.25, 0.3) is 11.8 Å². The molecule has 34 heavy (non-hydrogen) atoms. The van der Waals surface area contributed by atoms with Gasteiger partial charge in [0.15, 0.2) is 0 Å². The third kappa shape index (κ3) is 4.99. The van der Waals surface area contributed by atoms with Crippen molar-refractivity contribution in [3.63, 3.8) is 0 Å². The van der Waals surface area contributed by atoms with Gasteiger partial charge in [-0.1, -0.05) is 18.2 Å². The summed E-state index contributed by atoms with van der Waals surface area (Å²) in [5.41, 5.74) is 4.57. The Hall–Kier alpha value is -4.39. The number of carbonyl (C=O) groups is 2. The summed E-state index contributed by atoms with van der Waals surface area (Å²) in [6, 6.07) is 23.6. The maximum absolute atomic E-state index is 13.0. The smallest absolute Gasteiger partial charge is 0.259 e. The number of carbonyl (C=O) groups excluding carboxylic acids is 2. The molecule has 0 saturated carbocycles. The van der Waals surface area contributed by atoms with E-state index in [1.807, 2.05) is 63.2 Å². The lowest BCUT2D eigenvalue weighted by atomic mass is 10.1. The standard InChI is InChI=1S/C27H26N4O3/c1-4-34-24-16-14-22(15-17-24)28-26(32)20-10-12-21(13-11-20)29-27(33)25-18(2)30-31(19(25)3)23-8-6-5-7-9-23/h5-17H,4H2,1-3H3,(H,28,32)(H,29,33). The number of amides is 2. The number of aromatic nitrogens is 2. The summed E-state index contributed by atoms with van der Waals surface area (Å²) >= 11 is 0. The van der Waals surface area contributed by atoms with Crippen LogP contribution in [0, 0.1) is 13.8 Å². The van der Waals surface area contributed by atoms with Crippen molar-refractivity contribution in [3.8, 4) is 11.4 Å². The molecule has 0 aliphatic heterocycles. The summed E-state index contributed by atoms with van der Waals surface area (Å²) in [5.74, 6) is 0.266. The number of benzene rings is 3. The van der Waals surface area contributed by atoms with Crippen molar-refractivity contribution >= 4 is 23.2 Å². The maximum atomic E-state index is 13.0. The highest BCUT2D eigenvalue weighted by atomic mass is 16.5. The van der Waals surface area contributed by atoms with Crippen LogP contribution >= 0.6 is 0 Å². The highest BCUT2D eigenvalue weighted by Gasteiger charge is 2.19. The van der Waals surface area contributed by atoms with Crippen LogP contribution in [0.15, 0.2) is 78.9 Å². The molecule has 0 aliphatic rings. The van der Waals surface area contributed by atoms with E-state index in [1.54, 1.807) is 41.1 Å². The number of aryl methyl sites for hydroxylation is 1. The molecule has 7 nitrogen and oxygen atoms in total. The SMILES string of the molecule is CCOc1ccc(NC(=O)c2ccc(NC(=O)c3c(C)nn(-c4ccccc4)c3C)cc2)cc1. The largest absolute Gasteiger partial charge is 0.494 e. The molecule has 172 valence electrons. The fourth-order valence-electron chi connectivity index (χ4n) is 3.69. The van der Waals surface area contributed by atoms with E-state index in [4.69, 9.17) is 4.74 Å². The molecule has 0 fully saturated rings. The summed E-state index contributed by atoms with van der Waals surface area (Å²) in [6.07, 6.45) is 0. The van der Waals surface area contributed by atoms with Crippen LogP contribution in [0.3, 0.4) is 0 Å². The van der Waals surface area contributed by atoms with E-state index in [-0.39, 0.29) is 11.8 Å². The molecule has 4 aromatic rings. The molecule has 0 spiro atoms. The molecule has 4 rings (SSSR count). The Kier molecular flexibility index (Phi) is 6.73. The zero-order chi connectivity index (χ0) is 24.1. The van der Waals surface area contributed by atoms with Crippen LogP contribution in [-0.4, -0.2) is 28.2 Å². The van der Waals surface area contributed by atoms with E-state index >= 15 is 0 Å². The van der Waals surface area contributed by atoms with Crippen molar-refractivity contribution in [1.29, 1.82) is 0 Å². The quantitative estimate of drug-likeness (QED) is 0.392. The van der Waals surface area contributed by atoms with Crippen LogP contribution in [0.5, 0.6) is 5.75 Å². The molecule has 3 aromatic carbocycles. The van der Waals surface area contributed by atoms with Gasteiger partial charge in [-0.05, 0) is 81.4 Å². The van der Waals surface area contributed by atoms with E-state index in [9.17, 15) is 9.59 Å². The van der Waals surface area contributed by atoms with Crippen molar-refractivity contribution in [2.45, 2.75) is 20.8 Å². The van der Waals surface area contributed by atoms with Crippen LogP contribution in [0.2, 0.25) is 0 Å². The molecule has 0 radical (unpaired) electrons. The molecule has 7 heteroatoms. The Morgan fingerprint density at radius 3 is 2.03 bits per heavy atom. The molecule has 0 unspecified atom stereocenters. The monoisotopic (exact) mass is 454 g/mol. The molecule has 2 amide bonds. The number of nitrogens with one attached hydrogen (secondary N) is 2. The van der Waals surface area contributed by atoms with E-state index < -0.39 is 0 Å². The number of anilines is 2. The van der Waals surface area contributed by atoms with Crippen LogP contribution < -0.4 is 15.4 Å². The predicted octanol–water partition coefficient (Wildman–Crippen LogP) is 5.39. The summed E-state index contributed by atoms with van der Waals surface area (Å²) in [5, 5.41) is 10.3. The lowest BCUT2D eigenvalue weighted by Crippen LogP contribution is -2.15. The highest BCUT2D eigenvalue weighted by Crippen LogP contribution is 2.21. The average molecular weight is 455 g/mol. The third-order valence-corrected chi connectivity index (χ3v) is 5.35. The van der Waals surface area contributed by atoms with Gasteiger partial charge in [-0.15, -0.1) is 0 Å². The van der Waals surface area contributed by atoms with Crippen molar-refractivity contribution in [1.82, 2.24) is 9.78 Å². The van der Waals surface area contributed by atoms with Gasteiger partial charge in [0, 0.05) is 16.9 Å².